The summed E-state index contributed by atoms with van der Waals surface area (Å²) in [5.74, 6) is -0.267. The number of unbranched alkanes of at least 4 members (excludes halogenated alkanes) is 4. The van der Waals surface area contributed by atoms with Crippen molar-refractivity contribution in [1.82, 2.24) is 4.90 Å². The van der Waals surface area contributed by atoms with Crippen molar-refractivity contribution < 1.29 is 9.59 Å². The van der Waals surface area contributed by atoms with E-state index in [1.807, 2.05) is 28.7 Å². The van der Waals surface area contributed by atoms with E-state index in [-0.39, 0.29) is 11.8 Å². The maximum Gasteiger partial charge on any atom is 0.271 e. The van der Waals surface area contributed by atoms with Crippen LogP contribution in [0.25, 0.3) is 29.3 Å². The van der Waals surface area contributed by atoms with Crippen molar-refractivity contribution in [2.24, 2.45) is 0 Å². The number of hydrogen-bond donors (Lipinski definition) is 0. The van der Waals surface area contributed by atoms with Gasteiger partial charge in [0.05, 0.1) is 5.56 Å². The molecule has 35 heavy (non-hydrogen) atoms. The van der Waals surface area contributed by atoms with Gasteiger partial charge < -0.3 is 0 Å². The molecule has 4 aromatic rings. The Labute approximate surface area is 223 Å². The number of rotatable bonds is 11. The van der Waals surface area contributed by atoms with Crippen molar-refractivity contribution in [3.63, 3.8) is 0 Å². The van der Waals surface area contributed by atoms with Gasteiger partial charge in [-0.05, 0) is 61.7 Å². The zero-order chi connectivity index (χ0) is 24.4. The van der Waals surface area contributed by atoms with Crippen LogP contribution in [0.5, 0.6) is 0 Å². The van der Waals surface area contributed by atoms with E-state index in [1.165, 1.54) is 72.7 Å². The van der Waals surface area contributed by atoms with Crippen molar-refractivity contribution in [2.75, 3.05) is 6.54 Å². The lowest BCUT2D eigenvalue weighted by Gasteiger charge is -2.12. The number of imide groups is 1. The minimum atomic E-state index is -0.138. The molecule has 5 heterocycles. The summed E-state index contributed by atoms with van der Waals surface area (Å²) in [7, 11) is 0. The first-order valence-electron chi connectivity index (χ1n) is 12.4. The predicted molar refractivity (Wildman–Crippen MR) is 152 cm³/mol. The number of amides is 2. The van der Waals surface area contributed by atoms with Crippen molar-refractivity contribution in [3.8, 4) is 29.3 Å². The largest absolute Gasteiger partial charge is 0.274 e. The summed E-state index contributed by atoms with van der Waals surface area (Å²) in [5, 5.41) is 0. The molecule has 0 saturated carbocycles. The predicted octanol–water partition coefficient (Wildman–Crippen LogP) is 9.45. The van der Waals surface area contributed by atoms with Gasteiger partial charge in [0, 0.05) is 40.7 Å². The highest BCUT2D eigenvalue weighted by Crippen LogP contribution is 2.44. The van der Waals surface area contributed by atoms with Crippen LogP contribution in [0.1, 0.15) is 77.3 Å². The lowest BCUT2D eigenvalue weighted by Crippen LogP contribution is -2.30. The van der Waals surface area contributed by atoms with Gasteiger partial charge in [0.2, 0.25) is 0 Å². The third-order valence-corrected chi connectivity index (χ3v) is 11.3. The molecule has 0 fully saturated rings. The van der Waals surface area contributed by atoms with Gasteiger partial charge >= 0.3 is 0 Å². The van der Waals surface area contributed by atoms with E-state index in [1.54, 1.807) is 11.3 Å². The molecular weight excluding hydrogens is 511 g/mol. The maximum absolute atomic E-state index is 12.7. The SMILES string of the molecule is CCCCCCc1ccc(-c2ccc(-c3ccc(-c4cc5c(s4)C(=O)N(CCCC)C5=O)s3)s2)s1. The third kappa shape index (κ3) is 5.10. The summed E-state index contributed by atoms with van der Waals surface area (Å²) in [6.07, 6.45) is 8.20. The minimum Gasteiger partial charge on any atom is -0.274 e. The van der Waals surface area contributed by atoms with Gasteiger partial charge in [-0.3, -0.25) is 14.5 Å². The second-order valence-electron chi connectivity index (χ2n) is 8.87. The Kier molecular flexibility index (Phi) is 7.68. The van der Waals surface area contributed by atoms with Crippen LogP contribution in [0.4, 0.5) is 0 Å². The molecule has 4 aromatic heterocycles. The van der Waals surface area contributed by atoms with Gasteiger partial charge in [-0.25, -0.2) is 0 Å². The molecule has 2 amide bonds. The van der Waals surface area contributed by atoms with Crippen molar-refractivity contribution in [2.45, 2.75) is 58.8 Å². The molecule has 0 saturated heterocycles. The molecule has 0 atom stereocenters. The average Bonchev–Trinajstić information content (AvgIpc) is 3.67. The summed E-state index contributed by atoms with van der Waals surface area (Å²) in [4.78, 5) is 36.2. The number of carbonyl (C=O) groups is 2. The van der Waals surface area contributed by atoms with Crippen LogP contribution in [0.2, 0.25) is 0 Å². The van der Waals surface area contributed by atoms with Crippen LogP contribution in [0, 0.1) is 0 Å². The quantitative estimate of drug-likeness (QED) is 0.141. The Hall–Kier alpha value is -2.06. The lowest BCUT2D eigenvalue weighted by atomic mass is 10.1. The topological polar surface area (TPSA) is 37.4 Å². The Morgan fingerprint density at radius 1 is 0.629 bits per heavy atom. The monoisotopic (exact) mass is 539 g/mol. The van der Waals surface area contributed by atoms with E-state index in [2.05, 4.69) is 50.2 Å². The number of thiophene rings is 4. The van der Waals surface area contributed by atoms with Gasteiger partial charge in [-0.15, -0.1) is 45.3 Å². The van der Waals surface area contributed by atoms with Gasteiger partial charge in [0.1, 0.15) is 4.88 Å². The number of nitrogens with zero attached hydrogens (tertiary/aromatic N) is 1. The molecule has 182 valence electrons. The van der Waals surface area contributed by atoms with Gasteiger partial charge in [0.25, 0.3) is 11.8 Å². The van der Waals surface area contributed by atoms with Gasteiger partial charge in [0.15, 0.2) is 0 Å². The fraction of sp³-hybridized carbons (Fsp3) is 0.357. The molecule has 0 bridgehead atoms. The van der Waals surface area contributed by atoms with E-state index in [9.17, 15) is 9.59 Å². The van der Waals surface area contributed by atoms with Gasteiger partial charge in [-0.2, -0.15) is 0 Å². The van der Waals surface area contributed by atoms with Crippen molar-refractivity contribution >= 4 is 57.2 Å². The summed E-state index contributed by atoms with van der Waals surface area (Å²) in [6.45, 7) is 4.83. The molecule has 0 spiro atoms. The summed E-state index contributed by atoms with van der Waals surface area (Å²) in [6, 6.07) is 15.2. The van der Waals surface area contributed by atoms with Crippen LogP contribution >= 0.6 is 45.3 Å². The molecule has 0 aliphatic carbocycles. The molecule has 1 aliphatic rings. The van der Waals surface area contributed by atoms with E-state index in [0.717, 1.165) is 22.6 Å². The first kappa shape index (κ1) is 24.6. The van der Waals surface area contributed by atoms with Crippen LogP contribution in [0.3, 0.4) is 0 Å². The molecule has 0 radical (unpaired) electrons. The Morgan fingerprint density at radius 3 is 1.86 bits per heavy atom. The smallest absolute Gasteiger partial charge is 0.271 e. The van der Waals surface area contributed by atoms with Crippen LogP contribution < -0.4 is 0 Å². The molecule has 0 N–H and O–H groups in total. The van der Waals surface area contributed by atoms with E-state index in [4.69, 9.17) is 0 Å². The third-order valence-electron chi connectivity index (χ3n) is 6.26. The average molecular weight is 540 g/mol. The number of hydrogen-bond acceptors (Lipinski definition) is 6. The first-order valence-corrected chi connectivity index (χ1v) is 15.6. The highest BCUT2D eigenvalue weighted by molar-refractivity contribution is 7.28. The van der Waals surface area contributed by atoms with Crippen molar-refractivity contribution in [3.05, 3.63) is 57.8 Å². The highest BCUT2D eigenvalue weighted by atomic mass is 32.1. The van der Waals surface area contributed by atoms with Crippen LogP contribution in [0.15, 0.2) is 42.5 Å². The fourth-order valence-corrected chi connectivity index (χ4v) is 8.71. The first-order chi connectivity index (χ1) is 17.1. The molecule has 3 nitrogen and oxygen atoms in total. The Morgan fingerprint density at radius 2 is 1.23 bits per heavy atom. The summed E-state index contributed by atoms with van der Waals surface area (Å²) >= 11 is 6.94. The normalized spacial score (nSPS) is 13.3. The number of fused-ring (bicyclic) bond motifs is 1. The molecule has 7 heteroatoms. The molecule has 5 rings (SSSR count). The Bertz CT molecular complexity index is 1300. The standard InChI is InChI=1S/C28H29NO2S4/c1-3-5-7-8-9-18-10-11-20(32-18)21-12-13-22(33-21)23-14-15-24(34-23)25-17-19-26(35-25)28(31)29(27(19)30)16-6-4-2/h10-15,17H,3-9,16H2,1-2H3. The number of aryl methyl sites for hydroxylation is 1. The summed E-state index contributed by atoms with van der Waals surface area (Å²) < 4.78 is 0. The number of carbonyl (C=O) groups excluding carboxylic acids is 2. The molecule has 0 unspecified atom stereocenters. The van der Waals surface area contributed by atoms with Crippen LogP contribution in [-0.2, 0) is 6.42 Å². The van der Waals surface area contributed by atoms with E-state index in [0.29, 0.717) is 17.0 Å². The van der Waals surface area contributed by atoms with Gasteiger partial charge in [-0.1, -0.05) is 39.5 Å². The summed E-state index contributed by atoms with van der Waals surface area (Å²) in [5.41, 5.74) is 0.572. The van der Waals surface area contributed by atoms with Crippen LogP contribution in [-0.4, -0.2) is 23.3 Å². The lowest BCUT2D eigenvalue weighted by molar-refractivity contribution is 0.0653. The fourth-order valence-electron chi connectivity index (χ4n) is 4.29. The second-order valence-corrected chi connectivity index (χ2v) is 13.3. The molecule has 0 aromatic carbocycles. The zero-order valence-corrected chi connectivity index (χ0v) is 23.4. The molecule has 1 aliphatic heterocycles. The maximum atomic E-state index is 12.7. The highest BCUT2D eigenvalue weighted by Gasteiger charge is 2.37. The van der Waals surface area contributed by atoms with E-state index >= 15 is 0 Å². The second kappa shape index (κ2) is 10.9. The van der Waals surface area contributed by atoms with E-state index < -0.39 is 0 Å². The zero-order valence-electron chi connectivity index (χ0n) is 20.1. The minimum absolute atomic E-state index is 0.130. The Balaban J connectivity index is 1.29. The molecular formula is C28H29NO2S4. The van der Waals surface area contributed by atoms with Crippen molar-refractivity contribution in [1.29, 1.82) is 0 Å².